The van der Waals surface area contributed by atoms with Crippen molar-refractivity contribution in [1.29, 1.82) is 0 Å². The van der Waals surface area contributed by atoms with Gasteiger partial charge in [0.15, 0.2) is 4.99 Å². The van der Waals surface area contributed by atoms with Crippen LogP contribution in [0.3, 0.4) is 0 Å². The number of amides is 1. The fourth-order valence-electron chi connectivity index (χ4n) is 3.00. The number of morpholine rings is 1. The van der Waals surface area contributed by atoms with Gasteiger partial charge in [-0.2, -0.15) is 0 Å². The van der Waals surface area contributed by atoms with Gasteiger partial charge in [-0.25, -0.2) is 0 Å². The zero-order valence-electron chi connectivity index (χ0n) is 12.6. The lowest BCUT2D eigenvalue weighted by atomic mass is 10.0. The summed E-state index contributed by atoms with van der Waals surface area (Å²) in [6, 6.07) is 9.49. The summed E-state index contributed by atoms with van der Waals surface area (Å²) in [5.74, 6) is 0.338. The maximum absolute atomic E-state index is 12.7. The molecular formula is C16H18Cl2N2O2S. The molecule has 1 atom stereocenters. The Labute approximate surface area is 150 Å². The lowest BCUT2D eigenvalue weighted by Gasteiger charge is -2.63. The second-order valence-electron chi connectivity index (χ2n) is 5.36. The maximum Gasteiger partial charge on any atom is 0.270 e. The van der Waals surface area contributed by atoms with E-state index >= 15 is 0 Å². The Morgan fingerprint density at radius 1 is 1.26 bits per heavy atom. The highest BCUT2D eigenvalue weighted by Gasteiger charge is 2.74. The first-order chi connectivity index (χ1) is 11.1. The summed E-state index contributed by atoms with van der Waals surface area (Å²) < 4.78 is 3.94. The van der Waals surface area contributed by atoms with Crippen molar-refractivity contribution in [3.05, 3.63) is 43.0 Å². The molecule has 1 aromatic rings. The highest BCUT2D eigenvalue weighted by molar-refractivity contribution is 8.01. The number of benzene rings is 1. The lowest BCUT2D eigenvalue weighted by molar-refractivity contribution is -0.132. The molecule has 1 amide bonds. The number of carbonyl (C=O) groups excluding carboxylic acids is 1. The first-order valence-corrected chi connectivity index (χ1v) is 9.15. The summed E-state index contributed by atoms with van der Waals surface area (Å²) in [4.78, 5) is 15.7. The number of hydrogen-bond donors (Lipinski definition) is 0. The van der Waals surface area contributed by atoms with Gasteiger partial charge >= 0.3 is 0 Å². The Morgan fingerprint density at radius 3 is 2.52 bits per heavy atom. The van der Waals surface area contributed by atoms with E-state index in [-0.39, 0.29) is 5.91 Å². The molecule has 1 unspecified atom stereocenters. The second-order valence-corrected chi connectivity index (χ2v) is 7.88. The molecule has 0 aromatic heterocycles. The predicted molar refractivity (Wildman–Crippen MR) is 96.1 cm³/mol. The van der Waals surface area contributed by atoms with Crippen molar-refractivity contribution in [2.45, 2.75) is 9.33 Å². The molecule has 0 N–H and O–H groups in total. The van der Waals surface area contributed by atoms with E-state index in [1.165, 1.54) is 11.8 Å². The summed E-state index contributed by atoms with van der Waals surface area (Å²) in [5, 5.41) is 0. The van der Waals surface area contributed by atoms with Crippen LogP contribution in [-0.4, -0.2) is 52.2 Å². The minimum atomic E-state index is -1.51. The first-order valence-electron chi connectivity index (χ1n) is 7.41. The van der Waals surface area contributed by atoms with Gasteiger partial charge in [-0.05, 0) is 12.1 Å². The normalized spacial score (nSPS) is 27.6. The monoisotopic (exact) mass is 372 g/mol. The van der Waals surface area contributed by atoms with Crippen LogP contribution in [0.4, 0.5) is 5.69 Å². The van der Waals surface area contributed by atoms with Gasteiger partial charge in [-0.1, -0.05) is 47.5 Å². The van der Waals surface area contributed by atoms with Gasteiger partial charge in [0.25, 0.3) is 5.91 Å². The van der Waals surface area contributed by atoms with Crippen LogP contribution >= 0.6 is 35.0 Å². The molecular weight excluding hydrogens is 355 g/mol. The summed E-state index contributed by atoms with van der Waals surface area (Å²) in [7, 11) is 0. The molecule has 2 aliphatic rings. The van der Waals surface area contributed by atoms with Crippen LogP contribution in [0.2, 0.25) is 0 Å². The topological polar surface area (TPSA) is 32.8 Å². The van der Waals surface area contributed by atoms with Crippen molar-refractivity contribution in [2.75, 3.05) is 37.0 Å². The van der Waals surface area contributed by atoms with Crippen LogP contribution in [0, 0.1) is 0 Å². The molecule has 2 saturated heterocycles. The zero-order chi connectivity index (χ0) is 16.5. The SMILES string of the molecule is C=CCSC1(N2CCOCC2)N(c2ccccc2)C(=O)C1(Cl)Cl. The third-order valence-corrected chi connectivity index (χ3v) is 6.67. The van der Waals surface area contributed by atoms with E-state index < -0.39 is 9.33 Å². The van der Waals surface area contributed by atoms with Gasteiger partial charge in [0.05, 0.1) is 13.2 Å². The molecule has 0 saturated carbocycles. The molecule has 0 radical (unpaired) electrons. The highest BCUT2D eigenvalue weighted by Crippen LogP contribution is 2.59. The number of anilines is 1. The van der Waals surface area contributed by atoms with Gasteiger partial charge in [0.1, 0.15) is 0 Å². The Morgan fingerprint density at radius 2 is 1.91 bits per heavy atom. The number of thioether (sulfide) groups is 1. The molecule has 4 nitrogen and oxygen atoms in total. The number of para-hydroxylation sites is 1. The average Bonchev–Trinajstić information content (AvgIpc) is 2.59. The molecule has 1 aromatic carbocycles. The number of alkyl halides is 2. The predicted octanol–water partition coefficient (Wildman–Crippen LogP) is 3.11. The third-order valence-electron chi connectivity index (χ3n) is 4.04. The largest absolute Gasteiger partial charge is 0.379 e. The average molecular weight is 373 g/mol. The fourth-order valence-corrected chi connectivity index (χ4v) is 5.21. The maximum atomic E-state index is 12.7. The summed E-state index contributed by atoms with van der Waals surface area (Å²) >= 11 is 14.6. The number of halogens is 2. The van der Waals surface area contributed by atoms with Crippen molar-refractivity contribution < 1.29 is 9.53 Å². The minimum absolute atomic E-state index is 0.296. The van der Waals surface area contributed by atoms with Crippen molar-refractivity contribution in [3.8, 4) is 0 Å². The Bertz CT molecular complexity index is 593. The van der Waals surface area contributed by atoms with Crippen molar-refractivity contribution >= 4 is 46.6 Å². The van der Waals surface area contributed by atoms with E-state index in [2.05, 4.69) is 11.5 Å². The number of ether oxygens (including phenoxy) is 1. The van der Waals surface area contributed by atoms with Gasteiger partial charge in [-0.3, -0.25) is 14.6 Å². The van der Waals surface area contributed by atoms with Crippen LogP contribution in [0.25, 0.3) is 0 Å². The quantitative estimate of drug-likeness (QED) is 0.451. The summed E-state index contributed by atoms with van der Waals surface area (Å²) in [6.45, 7) is 6.30. The van der Waals surface area contributed by atoms with Crippen LogP contribution in [-0.2, 0) is 9.53 Å². The minimum Gasteiger partial charge on any atom is -0.379 e. The zero-order valence-corrected chi connectivity index (χ0v) is 14.9. The van der Waals surface area contributed by atoms with E-state index in [0.29, 0.717) is 32.1 Å². The van der Waals surface area contributed by atoms with Crippen molar-refractivity contribution in [1.82, 2.24) is 4.90 Å². The van der Waals surface area contributed by atoms with E-state index in [9.17, 15) is 4.79 Å². The van der Waals surface area contributed by atoms with E-state index in [0.717, 1.165) is 5.69 Å². The van der Waals surface area contributed by atoms with Crippen LogP contribution in [0.5, 0.6) is 0 Å². The van der Waals surface area contributed by atoms with E-state index in [4.69, 9.17) is 27.9 Å². The molecule has 124 valence electrons. The van der Waals surface area contributed by atoms with Crippen molar-refractivity contribution in [2.24, 2.45) is 0 Å². The molecule has 2 fully saturated rings. The highest BCUT2D eigenvalue weighted by atomic mass is 35.5. The van der Waals surface area contributed by atoms with Crippen LogP contribution < -0.4 is 4.90 Å². The molecule has 23 heavy (non-hydrogen) atoms. The Kier molecular flexibility index (Phi) is 4.95. The molecule has 0 bridgehead atoms. The standard InChI is InChI=1S/C16H18Cl2N2O2S/c1-2-12-23-16(19-8-10-22-11-9-19)15(17,18)14(21)20(16)13-6-4-3-5-7-13/h2-7H,1,8-12H2. The van der Waals surface area contributed by atoms with Gasteiger partial charge < -0.3 is 4.74 Å². The molecule has 2 heterocycles. The summed E-state index contributed by atoms with van der Waals surface area (Å²) in [5.41, 5.74) is 0.789. The summed E-state index contributed by atoms with van der Waals surface area (Å²) in [6.07, 6.45) is 1.79. The van der Waals surface area contributed by atoms with Gasteiger partial charge in [0.2, 0.25) is 4.33 Å². The molecule has 2 aliphatic heterocycles. The van der Waals surface area contributed by atoms with E-state index in [1.807, 2.05) is 30.3 Å². The third kappa shape index (κ3) is 2.59. The molecule has 0 spiro atoms. The van der Waals surface area contributed by atoms with Gasteiger partial charge in [-0.15, -0.1) is 18.3 Å². The Hall–Kier alpha value is -0.720. The van der Waals surface area contributed by atoms with Crippen LogP contribution in [0.15, 0.2) is 43.0 Å². The van der Waals surface area contributed by atoms with E-state index in [1.54, 1.807) is 11.0 Å². The molecule has 0 aliphatic carbocycles. The number of nitrogens with zero attached hydrogens (tertiary/aromatic N) is 2. The lowest BCUT2D eigenvalue weighted by Crippen LogP contribution is -2.83. The number of rotatable bonds is 5. The van der Waals surface area contributed by atoms with Gasteiger partial charge in [0, 0.05) is 24.5 Å². The van der Waals surface area contributed by atoms with Crippen LogP contribution in [0.1, 0.15) is 0 Å². The fraction of sp³-hybridized carbons (Fsp3) is 0.438. The smallest absolute Gasteiger partial charge is 0.270 e. The molecule has 7 heteroatoms. The van der Waals surface area contributed by atoms with Crippen molar-refractivity contribution in [3.63, 3.8) is 0 Å². The second kappa shape index (κ2) is 6.65. The first kappa shape index (κ1) is 17.1. The molecule has 3 rings (SSSR count). The number of carbonyl (C=O) groups is 1. The number of β-lactam (4-membered cyclic amide) rings is 1. The number of hydrogen-bond acceptors (Lipinski definition) is 4. The Balaban J connectivity index is 2.04.